The second-order valence-corrected chi connectivity index (χ2v) is 4.68. The number of nitrogens with zero attached hydrogens (tertiary/aromatic N) is 1. The maximum absolute atomic E-state index is 5.64. The topological polar surface area (TPSA) is 24.9 Å². The van der Waals surface area contributed by atoms with Crippen molar-refractivity contribution in [1.29, 1.82) is 0 Å². The summed E-state index contributed by atoms with van der Waals surface area (Å²) in [6, 6.07) is 14.6. The van der Waals surface area contributed by atoms with Crippen LogP contribution in [0.1, 0.15) is 23.2 Å². The summed E-state index contributed by atoms with van der Waals surface area (Å²) in [5.74, 6) is 0. The smallest absolute Gasteiger partial charge is 0.0451 e. The number of hydrogen-bond acceptors (Lipinski definition) is 2. The van der Waals surface area contributed by atoms with Crippen LogP contribution in [0, 0.1) is 6.92 Å². The Balaban J connectivity index is 1.58. The van der Waals surface area contributed by atoms with Gasteiger partial charge in [0.25, 0.3) is 0 Å². The first kappa shape index (κ1) is 13.8. The van der Waals surface area contributed by atoms with Crippen LogP contribution < -0.4 is 5.32 Å². The molecule has 0 saturated heterocycles. The quantitative estimate of drug-likeness (QED) is 0.766. The molecule has 19 heavy (non-hydrogen) atoms. The van der Waals surface area contributed by atoms with Crippen LogP contribution >= 0.6 is 0 Å². The van der Waals surface area contributed by atoms with Gasteiger partial charge < -0.3 is 5.32 Å². The molecule has 0 aliphatic rings. The molecule has 2 heteroatoms. The Hall–Kier alpha value is -1.67. The highest BCUT2D eigenvalue weighted by Crippen LogP contribution is 2.02. The molecule has 0 amide bonds. The number of aromatic nitrogens is 1. The third-order valence-electron chi connectivity index (χ3n) is 3.10. The Kier molecular flexibility index (Phi) is 5.57. The Bertz CT molecular complexity index is 480. The Morgan fingerprint density at radius 3 is 2.58 bits per heavy atom. The van der Waals surface area contributed by atoms with E-state index in [1.54, 1.807) is 6.20 Å². The van der Waals surface area contributed by atoms with Crippen LogP contribution in [0.25, 0.3) is 0 Å². The van der Waals surface area contributed by atoms with Gasteiger partial charge in [0.15, 0.2) is 0 Å². The summed E-state index contributed by atoms with van der Waals surface area (Å²) in [4.78, 5) is 3.99. The standard InChI is InChI=1S/C17H20N2/c1-15-14-17(10-13-19-15)9-12-18-11-5-8-16-6-3-2-4-7-16/h1-4,6-7,10,13-14,18H,5,8-9,11-12H2. The first-order valence-electron chi connectivity index (χ1n) is 6.79. The minimum absolute atomic E-state index is 0.599. The van der Waals surface area contributed by atoms with Crippen molar-refractivity contribution in [2.24, 2.45) is 0 Å². The first-order chi connectivity index (χ1) is 9.34. The predicted molar refractivity (Wildman–Crippen MR) is 79.0 cm³/mol. The van der Waals surface area contributed by atoms with E-state index in [1.807, 2.05) is 12.1 Å². The molecule has 0 spiro atoms. The molecule has 1 heterocycles. The lowest BCUT2D eigenvalue weighted by atomic mass is 10.1. The van der Waals surface area contributed by atoms with Gasteiger partial charge >= 0.3 is 0 Å². The van der Waals surface area contributed by atoms with Gasteiger partial charge in [-0.15, -0.1) is 0 Å². The van der Waals surface area contributed by atoms with E-state index in [9.17, 15) is 0 Å². The summed E-state index contributed by atoms with van der Waals surface area (Å²) in [5, 5.41) is 3.46. The van der Waals surface area contributed by atoms with E-state index in [-0.39, 0.29) is 0 Å². The van der Waals surface area contributed by atoms with Crippen LogP contribution in [-0.2, 0) is 12.8 Å². The van der Waals surface area contributed by atoms with Gasteiger partial charge in [0.2, 0.25) is 0 Å². The molecular weight excluding hydrogens is 232 g/mol. The lowest BCUT2D eigenvalue weighted by Gasteiger charge is -2.05. The first-order valence-corrected chi connectivity index (χ1v) is 6.79. The van der Waals surface area contributed by atoms with Gasteiger partial charge in [0.1, 0.15) is 0 Å². The normalized spacial score (nSPS) is 10.6. The van der Waals surface area contributed by atoms with Gasteiger partial charge in [-0.05, 0) is 55.6 Å². The number of benzene rings is 1. The zero-order chi connectivity index (χ0) is 13.3. The summed E-state index contributed by atoms with van der Waals surface area (Å²) >= 11 is 0. The molecule has 0 unspecified atom stereocenters. The van der Waals surface area contributed by atoms with Gasteiger partial charge in [-0.25, -0.2) is 0 Å². The molecular formula is C17H20N2. The van der Waals surface area contributed by atoms with E-state index in [0.717, 1.165) is 25.9 Å². The van der Waals surface area contributed by atoms with Crippen molar-refractivity contribution in [1.82, 2.24) is 10.3 Å². The summed E-state index contributed by atoms with van der Waals surface area (Å²) in [7, 11) is 0. The molecule has 98 valence electrons. The third-order valence-corrected chi connectivity index (χ3v) is 3.10. The summed E-state index contributed by atoms with van der Waals surface area (Å²) in [6.45, 7) is 7.68. The largest absolute Gasteiger partial charge is 0.316 e. The van der Waals surface area contributed by atoms with Crippen molar-refractivity contribution in [3.8, 4) is 0 Å². The van der Waals surface area contributed by atoms with Crippen molar-refractivity contribution in [2.75, 3.05) is 13.1 Å². The highest BCUT2D eigenvalue weighted by atomic mass is 14.8. The number of nitrogens with one attached hydrogen (secondary N) is 1. The Morgan fingerprint density at radius 1 is 0.947 bits per heavy atom. The van der Waals surface area contributed by atoms with Crippen molar-refractivity contribution in [3.63, 3.8) is 0 Å². The predicted octanol–water partition coefficient (Wildman–Crippen LogP) is 2.91. The fraction of sp³-hybridized carbons (Fsp3) is 0.294. The molecule has 0 aliphatic heterocycles. The average molecular weight is 252 g/mol. The van der Waals surface area contributed by atoms with E-state index >= 15 is 0 Å². The number of hydrogen-bond donors (Lipinski definition) is 1. The van der Waals surface area contributed by atoms with E-state index in [0.29, 0.717) is 5.69 Å². The Labute approximate surface area is 115 Å². The number of aryl methyl sites for hydroxylation is 1. The SMILES string of the molecule is [CH]c1cc(CCNCCCc2ccccc2)ccn1. The maximum Gasteiger partial charge on any atom is 0.0451 e. The fourth-order valence-corrected chi connectivity index (χ4v) is 2.07. The van der Waals surface area contributed by atoms with Crippen LogP contribution in [0.5, 0.6) is 0 Å². The molecule has 1 N–H and O–H groups in total. The summed E-state index contributed by atoms with van der Waals surface area (Å²) < 4.78 is 0. The van der Waals surface area contributed by atoms with Crippen molar-refractivity contribution < 1.29 is 0 Å². The molecule has 0 fully saturated rings. The molecule has 0 aliphatic carbocycles. The molecule has 2 aromatic rings. The van der Waals surface area contributed by atoms with E-state index in [1.165, 1.54) is 17.5 Å². The molecule has 0 bridgehead atoms. The van der Waals surface area contributed by atoms with Gasteiger partial charge in [0.05, 0.1) is 0 Å². The minimum Gasteiger partial charge on any atom is -0.316 e. The van der Waals surface area contributed by atoms with Crippen molar-refractivity contribution in [2.45, 2.75) is 19.3 Å². The maximum atomic E-state index is 5.64. The lowest BCUT2D eigenvalue weighted by molar-refractivity contribution is 0.647. The van der Waals surface area contributed by atoms with Gasteiger partial charge in [-0.3, -0.25) is 4.98 Å². The minimum atomic E-state index is 0.599. The second-order valence-electron chi connectivity index (χ2n) is 4.68. The van der Waals surface area contributed by atoms with Gasteiger partial charge in [-0.1, -0.05) is 30.3 Å². The molecule has 1 aromatic carbocycles. The zero-order valence-corrected chi connectivity index (χ0v) is 11.2. The zero-order valence-electron chi connectivity index (χ0n) is 11.2. The highest BCUT2D eigenvalue weighted by Gasteiger charge is 1.95. The molecule has 0 atom stereocenters. The van der Waals surface area contributed by atoms with Crippen LogP contribution in [0.2, 0.25) is 0 Å². The van der Waals surface area contributed by atoms with Crippen LogP contribution in [0.15, 0.2) is 48.7 Å². The molecule has 2 radical (unpaired) electrons. The van der Waals surface area contributed by atoms with Crippen LogP contribution in [0.4, 0.5) is 0 Å². The Morgan fingerprint density at radius 2 is 1.79 bits per heavy atom. The van der Waals surface area contributed by atoms with Crippen LogP contribution in [0.3, 0.4) is 0 Å². The summed E-state index contributed by atoms with van der Waals surface area (Å²) in [6.07, 6.45) is 5.07. The number of pyridine rings is 1. The molecule has 1 aromatic heterocycles. The monoisotopic (exact) mass is 252 g/mol. The van der Waals surface area contributed by atoms with Gasteiger partial charge in [0, 0.05) is 18.8 Å². The molecule has 2 rings (SSSR count). The van der Waals surface area contributed by atoms with Crippen molar-refractivity contribution >= 4 is 0 Å². The molecule has 2 nitrogen and oxygen atoms in total. The fourth-order valence-electron chi connectivity index (χ4n) is 2.07. The lowest BCUT2D eigenvalue weighted by Crippen LogP contribution is -2.19. The van der Waals surface area contributed by atoms with Crippen LogP contribution in [-0.4, -0.2) is 18.1 Å². The van der Waals surface area contributed by atoms with Crippen molar-refractivity contribution in [3.05, 3.63) is 72.4 Å². The second kappa shape index (κ2) is 7.70. The molecule has 0 saturated carbocycles. The third kappa shape index (κ3) is 5.23. The van der Waals surface area contributed by atoms with E-state index in [2.05, 4.69) is 40.6 Å². The average Bonchev–Trinajstić information content (AvgIpc) is 2.44. The highest BCUT2D eigenvalue weighted by molar-refractivity contribution is 5.18. The summed E-state index contributed by atoms with van der Waals surface area (Å²) in [5.41, 5.74) is 3.25. The number of rotatable bonds is 7. The van der Waals surface area contributed by atoms with E-state index < -0.39 is 0 Å². The van der Waals surface area contributed by atoms with Gasteiger partial charge in [-0.2, -0.15) is 0 Å². The van der Waals surface area contributed by atoms with E-state index in [4.69, 9.17) is 6.92 Å².